The van der Waals surface area contributed by atoms with Crippen molar-refractivity contribution in [2.75, 3.05) is 19.0 Å². The molecule has 2 N–H and O–H groups in total. The quantitative estimate of drug-likeness (QED) is 0.855. The Bertz CT molecular complexity index is 597. The smallest absolute Gasteiger partial charge is 0.251 e. The van der Waals surface area contributed by atoms with Crippen LogP contribution in [0.1, 0.15) is 22.8 Å². The van der Waals surface area contributed by atoms with Gasteiger partial charge in [-0.25, -0.2) is 4.98 Å². The van der Waals surface area contributed by atoms with E-state index in [4.69, 9.17) is 4.74 Å². The van der Waals surface area contributed by atoms with E-state index >= 15 is 0 Å². The van der Waals surface area contributed by atoms with Crippen LogP contribution in [0.5, 0.6) is 5.88 Å². The maximum atomic E-state index is 12.1. The Hall–Kier alpha value is -2.56. The molecular formula is C16H19N3O2. The zero-order chi connectivity index (χ0) is 15.1. The monoisotopic (exact) mass is 285 g/mol. The van der Waals surface area contributed by atoms with Gasteiger partial charge in [0, 0.05) is 36.6 Å². The summed E-state index contributed by atoms with van der Waals surface area (Å²) in [5.74, 6) is 0.436. The average molecular weight is 285 g/mol. The van der Waals surface area contributed by atoms with E-state index < -0.39 is 0 Å². The molecular weight excluding hydrogens is 266 g/mol. The number of nitrogens with one attached hydrogen (secondary N) is 2. The first-order chi connectivity index (χ1) is 10.2. The summed E-state index contributed by atoms with van der Waals surface area (Å²) < 4.78 is 5.05. The van der Waals surface area contributed by atoms with Crippen molar-refractivity contribution in [1.29, 1.82) is 0 Å². The number of pyridine rings is 1. The number of nitrogens with zero attached hydrogens (tertiary/aromatic N) is 1. The third-order valence-corrected chi connectivity index (χ3v) is 2.99. The molecule has 2 rings (SSSR count). The van der Waals surface area contributed by atoms with E-state index in [1.807, 2.05) is 25.1 Å². The van der Waals surface area contributed by atoms with Crippen molar-refractivity contribution >= 4 is 11.6 Å². The maximum Gasteiger partial charge on any atom is 0.251 e. The second-order valence-electron chi connectivity index (χ2n) is 4.50. The predicted octanol–water partition coefficient (Wildman–Crippen LogP) is 2.45. The Kier molecular flexibility index (Phi) is 5.15. The van der Waals surface area contributed by atoms with Crippen LogP contribution < -0.4 is 15.4 Å². The molecule has 1 aromatic heterocycles. The van der Waals surface area contributed by atoms with Crippen LogP contribution in [0.15, 0.2) is 42.6 Å². The van der Waals surface area contributed by atoms with Gasteiger partial charge in [0.25, 0.3) is 5.91 Å². The average Bonchev–Trinajstić information content (AvgIpc) is 2.54. The summed E-state index contributed by atoms with van der Waals surface area (Å²) in [4.78, 5) is 16.1. The van der Waals surface area contributed by atoms with Crippen molar-refractivity contribution in [1.82, 2.24) is 10.3 Å². The molecule has 0 aliphatic heterocycles. The molecule has 5 heteroatoms. The minimum Gasteiger partial charge on any atom is -0.481 e. The van der Waals surface area contributed by atoms with Gasteiger partial charge >= 0.3 is 0 Å². The van der Waals surface area contributed by atoms with Gasteiger partial charge in [-0.3, -0.25) is 4.79 Å². The Morgan fingerprint density at radius 3 is 2.67 bits per heavy atom. The molecule has 2 aromatic rings. The highest BCUT2D eigenvalue weighted by atomic mass is 16.5. The minimum absolute atomic E-state index is 0.103. The first kappa shape index (κ1) is 14.8. The van der Waals surface area contributed by atoms with Gasteiger partial charge in [-0.2, -0.15) is 0 Å². The molecule has 110 valence electrons. The summed E-state index contributed by atoms with van der Waals surface area (Å²) in [6.45, 7) is 3.33. The van der Waals surface area contributed by atoms with Gasteiger partial charge in [-0.15, -0.1) is 0 Å². The van der Waals surface area contributed by atoms with E-state index in [2.05, 4.69) is 15.6 Å². The van der Waals surface area contributed by atoms with Gasteiger partial charge < -0.3 is 15.4 Å². The van der Waals surface area contributed by atoms with Gasteiger partial charge in [0.15, 0.2) is 0 Å². The molecule has 1 heterocycles. The lowest BCUT2D eigenvalue weighted by molar-refractivity contribution is 0.0951. The zero-order valence-corrected chi connectivity index (χ0v) is 12.2. The Balaban J connectivity index is 1.94. The Labute approximate surface area is 124 Å². The summed E-state index contributed by atoms with van der Waals surface area (Å²) in [5, 5.41) is 6.07. The molecule has 0 unspecified atom stereocenters. The Morgan fingerprint density at radius 2 is 2.00 bits per heavy atom. The van der Waals surface area contributed by atoms with Crippen molar-refractivity contribution in [3.05, 3.63) is 53.7 Å². The van der Waals surface area contributed by atoms with Gasteiger partial charge in [-0.1, -0.05) is 0 Å². The molecule has 0 atom stereocenters. The van der Waals surface area contributed by atoms with E-state index in [1.165, 1.54) is 0 Å². The topological polar surface area (TPSA) is 63.2 Å². The number of amides is 1. The van der Waals surface area contributed by atoms with Crippen LogP contribution >= 0.6 is 0 Å². The van der Waals surface area contributed by atoms with Crippen LogP contribution in [0.4, 0.5) is 5.69 Å². The standard InChI is InChI=1S/C16H19N3O2/c1-3-17-14-6-4-13(5-7-14)16(20)19-11-12-8-9-18-15(10-12)21-2/h4-10,17H,3,11H2,1-2H3,(H,19,20). The summed E-state index contributed by atoms with van der Waals surface area (Å²) in [6, 6.07) is 11.0. The summed E-state index contributed by atoms with van der Waals surface area (Å²) >= 11 is 0. The summed E-state index contributed by atoms with van der Waals surface area (Å²) in [5.41, 5.74) is 2.59. The van der Waals surface area contributed by atoms with Crippen molar-refractivity contribution in [2.45, 2.75) is 13.5 Å². The van der Waals surface area contributed by atoms with E-state index in [0.29, 0.717) is 18.0 Å². The van der Waals surface area contributed by atoms with Crippen LogP contribution in [0.3, 0.4) is 0 Å². The molecule has 0 aliphatic rings. The van der Waals surface area contributed by atoms with Gasteiger partial charge in [0.2, 0.25) is 5.88 Å². The van der Waals surface area contributed by atoms with Gasteiger partial charge in [0.05, 0.1) is 7.11 Å². The molecule has 0 spiro atoms. The maximum absolute atomic E-state index is 12.1. The fourth-order valence-electron chi connectivity index (χ4n) is 1.90. The number of aromatic nitrogens is 1. The second kappa shape index (κ2) is 7.28. The fraction of sp³-hybridized carbons (Fsp3) is 0.250. The molecule has 5 nitrogen and oxygen atoms in total. The van der Waals surface area contributed by atoms with Crippen LogP contribution in [0.25, 0.3) is 0 Å². The zero-order valence-electron chi connectivity index (χ0n) is 12.2. The highest BCUT2D eigenvalue weighted by Crippen LogP contribution is 2.11. The lowest BCUT2D eigenvalue weighted by Crippen LogP contribution is -2.22. The highest BCUT2D eigenvalue weighted by molar-refractivity contribution is 5.94. The molecule has 0 bridgehead atoms. The van der Waals surface area contributed by atoms with E-state index in [1.54, 1.807) is 31.5 Å². The molecule has 0 fully saturated rings. The first-order valence-electron chi connectivity index (χ1n) is 6.84. The number of rotatable bonds is 6. The lowest BCUT2D eigenvalue weighted by atomic mass is 10.2. The lowest BCUT2D eigenvalue weighted by Gasteiger charge is -2.08. The highest BCUT2D eigenvalue weighted by Gasteiger charge is 2.05. The molecule has 0 saturated carbocycles. The number of benzene rings is 1. The van der Waals surface area contributed by atoms with Crippen molar-refractivity contribution < 1.29 is 9.53 Å². The summed E-state index contributed by atoms with van der Waals surface area (Å²) in [7, 11) is 1.57. The summed E-state index contributed by atoms with van der Waals surface area (Å²) in [6.07, 6.45) is 1.66. The van der Waals surface area contributed by atoms with Crippen molar-refractivity contribution in [2.24, 2.45) is 0 Å². The molecule has 1 aromatic carbocycles. The normalized spacial score (nSPS) is 10.0. The van der Waals surface area contributed by atoms with Crippen molar-refractivity contribution in [3.63, 3.8) is 0 Å². The van der Waals surface area contributed by atoms with Gasteiger partial charge in [0.1, 0.15) is 0 Å². The van der Waals surface area contributed by atoms with E-state index in [9.17, 15) is 4.79 Å². The number of anilines is 1. The molecule has 1 amide bonds. The van der Waals surface area contributed by atoms with Crippen LogP contribution in [-0.4, -0.2) is 24.5 Å². The van der Waals surface area contributed by atoms with E-state index in [-0.39, 0.29) is 5.91 Å². The molecule has 0 radical (unpaired) electrons. The number of carbonyl (C=O) groups excluding carboxylic acids is 1. The third kappa shape index (κ3) is 4.21. The van der Waals surface area contributed by atoms with Crippen LogP contribution in [-0.2, 0) is 6.54 Å². The molecule has 0 aliphatic carbocycles. The van der Waals surface area contributed by atoms with Gasteiger partial charge in [-0.05, 0) is 42.8 Å². The number of ether oxygens (including phenoxy) is 1. The SMILES string of the molecule is CCNc1ccc(C(=O)NCc2ccnc(OC)c2)cc1. The van der Waals surface area contributed by atoms with Crippen LogP contribution in [0.2, 0.25) is 0 Å². The predicted molar refractivity (Wildman–Crippen MR) is 82.6 cm³/mol. The van der Waals surface area contributed by atoms with E-state index in [0.717, 1.165) is 17.8 Å². The second-order valence-corrected chi connectivity index (χ2v) is 4.50. The van der Waals surface area contributed by atoms with Crippen LogP contribution in [0, 0.1) is 0 Å². The number of carbonyl (C=O) groups is 1. The fourth-order valence-corrected chi connectivity index (χ4v) is 1.90. The largest absolute Gasteiger partial charge is 0.481 e. The molecule has 0 saturated heterocycles. The number of hydrogen-bond acceptors (Lipinski definition) is 4. The third-order valence-electron chi connectivity index (χ3n) is 2.99. The first-order valence-corrected chi connectivity index (χ1v) is 6.84. The minimum atomic E-state index is -0.103. The number of hydrogen-bond donors (Lipinski definition) is 2. The number of methoxy groups -OCH3 is 1. The Morgan fingerprint density at radius 1 is 1.24 bits per heavy atom. The van der Waals surface area contributed by atoms with Crippen molar-refractivity contribution in [3.8, 4) is 5.88 Å². The molecule has 21 heavy (non-hydrogen) atoms.